The highest BCUT2D eigenvalue weighted by Gasteiger charge is 2.06. The summed E-state index contributed by atoms with van der Waals surface area (Å²) in [6.07, 6.45) is 0. The summed E-state index contributed by atoms with van der Waals surface area (Å²) >= 11 is 0. The van der Waals surface area contributed by atoms with Crippen LogP contribution in [0.2, 0.25) is 0 Å². The van der Waals surface area contributed by atoms with E-state index in [-0.39, 0.29) is 5.56 Å². The minimum atomic E-state index is -0.477. The zero-order valence-corrected chi connectivity index (χ0v) is 9.87. The van der Waals surface area contributed by atoms with Crippen molar-refractivity contribution in [3.05, 3.63) is 53.3 Å². The first-order chi connectivity index (χ1) is 8.61. The number of anilines is 3. The molecule has 0 aliphatic rings. The number of hydrogen-bond acceptors (Lipinski definition) is 3. The lowest BCUT2D eigenvalue weighted by Gasteiger charge is -2.11. The van der Waals surface area contributed by atoms with Gasteiger partial charge in [0.2, 0.25) is 0 Å². The lowest BCUT2D eigenvalue weighted by atomic mass is 10.1. The van der Waals surface area contributed by atoms with Gasteiger partial charge in [-0.25, -0.2) is 4.39 Å². The van der Waals surface area contributed by atoms with Crippen molar-refractivity contribution in [2.45, 2.75) is 6.92 Å². The van der Waals surface area contributed by atoms with Crippen LogP contribution in [0, 0.1) is 24.1 Å². The number of para-hydroxylation sites is 1. The topological polar surface area (TPSA) is 61.8 Å². The zero-order valence-electron chi connectivity index (χ0n) is 9.87. The zero-order chi connectivity index (χ0) is 13.1. The third-order valence-corrected chi connectivity index (χ3v) is 2.69. The van der Waals surface area contributed by atoms with Gasteiger partial charge in [-0.3, -0.25) is 0 Å². The smallest absolute Gasteiger partial charge is 0.147 e. The Hall–Kier alpha value is -2.54. The van der Waals surface area contributed by atoms with Gasteiger partial charge in [0.1, 0.15) is 5.82 Å². The molecule has 3 nitrogen and oxygen atoms in total. The lowest BCUT2D eigenvalue weighted by Crippen LogP contribution is -2.00. The molecule has 18 heavy (non-hydrogen) atoms. The molecular weight excluding hydrogens is 229 g/mol. The Bertz CT molecular complexity index is 629. The molecule has 0 aliphatic heterocycles. The summed E-state index contributed by atoms with van der Waals surface area (Å²) in [5.74, 6) is -0.477. The van der Waals surface area contributed by atoms with Gasteiger partial charge in [0.25, 0.3) is 0 Å². The largest absolute Gasteiger partial charge is 0.397 e. The summed E-state index contributed by atoms with van der Waals surface area (Å²) in [7, 11) is 0. The monoisotopic (exact) mass is 241 g/mol. The summed E-state index contributed by atoms with van der Waals surface area (Å²) in [6, 6.07) is 11.7. The van der Waals surface area contributed by atoms with Crippen molar-refractivity contribution in [2.75, 3.05) is 11.1 Å². The van der Waals surface area contributed by atoms with Crippen LogP contribution in [0.3, 0.4) is 0 Å². The molecule has 0 aromatic heterocycles. The van der Waals surface area contributed by atoms with E-state index in [1.54, 1.807) is 12.1 Å². The van der Waals surface area contributed by atoms with Crippen LogP contribution in [0.5, 0.6) is 0 Å². The number of nitrogens with two attached hydrogens (primary N) is 1. The van der Waals surface area contributed by atoms with Crippen molar-refractivity contribution >= 4 is 17.1 Å². The maximum absolute atomic E-state index is 13.7. The molecule has 0 fully saturated rings. The van der Waals surface area contributed by atoms with E-state index in [0.717, 1.165) is 5.56 Å². The second kappa shape index (κ2) is 4.76. The molecule has 0 saturated heterocycles. The van der Waals surface area contributed by atoms with Gasteiger partial charge in [0.05, 0.1) is 28.7 Å². The van der Waals surface area contributed by atoms with Crippen LogP contribution in [-0.2, 0) is 0 Å². The second-order valence-corrected chi connectivity index (χ2v) is 3.97. The van der Waals surface area contributed by atoms with Gasteiger partial charge in [0, 0.05) is 0 Å². The van der Waals surface area contributed by atoms with Crippen LogP contribution in [-0.4, -0.2) is 0 Å². The number of nitriles is 1. The van der Waals surface area contributed by atoms with Gasteiger partial charge >= 0.3 is 0 Å². The molecule has 90 valence electrons. The molecule has 0 amide bonds. The number of rotatable bonds is 2. The number of nitrogen functional groups attached to an aromatic ring is 1. The molecule has 0 saturated carbocycles. The van der Waals surface area contributed by atoms with Crippen LogP contribution >= 0.6 is 0 Å². The summed E-state index contributed by atoms with van der Waals surface area (Å²) in [6.45, 7) is 1.88. The number of halogens is 1. The molecule has 0 atom stereocenters. The van der Waals surface area contributed by atoms with E-state index >= 15 is 0 Å². The molecule has 0 aliphatic carbocycles. The molecule has 2 rings (SSSR count). The quantitative estimate of drug-likeness (QED) is 0.793. The predicted molar refractivity (Wildman–Crippen MR) is 70.0 cm³/mol. The summed E-state index contributed by atoms with van der Waals surface area (Å²) in [5, 5.41) is 11.6. The highest BCUT2D eigenvalue weighted by molar-refractivity contribution is 5.75. The third-order valence-electron chi connectivity index (χ3n) is 2.69. The van der Waals surface area contributed by atoms with Crippen molar-refractivity contribution in [3.8, 4) is 6.07 Å². The lowest BCUT2D eigenvalue weighted by molar-refractivity contribution is 0.631. The highest BCUT2D eigenvalue weighted by atomic mass is 19.1. The van der Waals surface area contributed by atoms with Gasteiger partial charge in [0.15, 0.2) is 0 Å². The van der Waals surface area contributed by atoms with E-state index in [2.05, 4.69) is 5.32 Å². The van der Waals surface area contributed by atoms with Crippen molar-refractivity contribution in [3.63, 3.8) is 0 Å². The predicted octanol–water partition coefficient (Wildman–Crippen LogP) is 3.33. The number of benzene rings is 2. The Balaban J connectivity index is 2.35. The van der Waals surface area contributed by atoms with Gasteiger partial charge in [-0.1, -0.05) is 12.1 Å². The molecule has 0 heterocycles. The Morgan fingerprint density at radius 2 is 2.00 bits per heavy atom. The molecule has 0 radical (unpaired) electrons. The molecule has 2 aromatic rings. The van der Waals surface area contributed by atoms with E-state index in [0.29, 0.717) is 17.1 Å². The Morgan fingerprint density at radius 1 is 1.22 bits per heavy atom. The van der Waals surface area contributed by atoms with Crippen molar-refractivity contribution in [2.24, 2.45) is 0 Å². The molecule has 0 unspecified atom stereocenters. The van der Waals surface area contributed by atoms with Crippen molar-refractivity contribution < 1.29 is 4.39 Å². The Kier molecular flexibility index (Phi) is 3.16. The SMILES string of the molecule is Cc1cccc(Nc2ccc(C#N)cc2F)c1N. The fraction of sp³-hybridized carbons (Fsp3) is 0.0714. The summed E-state index contributed by atoms with van der Waals surface area (Å²) < 4.78 is 13.7. The molecule has 0 spiro atoms. The summed E-state index contributed by atoms with van der Waals surface area (Å²) in [5.41, 5.74) is 8.65. The molecular formula is C14H12FN3. The Morgan fingerprint density at radius 3 is 2.67 bits per heavy atom. The Labute approximate surface area is 105 Å². The highest BCUT2D eigenvalue weighted by Crippen LogP contribution is 2.27. The fourth-order valence-electron chi connectivity index (χ4n) is 1.62. The van der Waals surface area contributed by atoms with E-state index in [4.69, 9.17) is 11.0 Å². The van der Waals surface area contributed by atoms with Crippen LogP contribution < -0.4 is 11.1 Å². The fourth-order valence-corrected chi connectivity index (χ4v) is 1.62. The van der Waals surface area contributed by atoms with E-state index in [1.165, 1.54) is 12.1 Å². The van der Waals surface area contributed by atoms with E-state index in [9.17, 15) is 4.39 Å². The van der Waals surface area contributed by atoms with Crippen LogP contribution in [0.4, 0.5) is 21.5 Å². The van der Waals surface area contributed by atoms with Gasteiger partial charge < -0.3 is 11.1 Å². The second-order valence-electron chi connectivity index (χ2n) is 3.97. The average molecular weight is 241 g/mol. The minimum absolute atomic E-state index is 0.287. The third kappa shape index (κ3) is 2.25. The first kappa shape index (κ1) is 11.9. The van der Waals surface area contributed by atoms with Crippen molar-refractivity contribution in [1.29, 1.82) is 5.26 Å². The van der Waals surface area contributed by atoms with Crippen molar-refractivity contribution in [1.82, 2.24) is 0 Å². The number of nitrogens with one attached hydrogen (secondary N) is 1. The maximum atomic E-state index is 13.7. The normalized spacial score (nSPS) is 9.83. The molecule has 3 N–H and O–H groups in total. The first-order valence-corrected chi connectivity index (χ1v) is 5.43. The van der Waals surface area contributed by atoms with Crippen LogP contribution in [0.25, 0.3) is 0 Å². The minimum Gasteiger partial charge on any atom is -0.397 e. The number of nitrogens with zero attached hydrogens (tertiary/aromatic N) is 1. The van der Waals surface area contributed by atoms with E-state index in [1.807, 2.05) is 25.1 Å². The van der Waals surface area contributed by atoms with Gasteiger partial charge in [-0.2, -0.15) is 5.26 Å². The number of hydrogen-bond donors (Lipinski definition) is 2. The first-order valence-electron chi connectivity index (χ1n) is 5.43. The molecule has 0 bridgehead atoms. The van der Waals surface area contributed by atoms with Crippen LogP contribution in [0.15, 0.2) is 36.4 Å². The molecule has 4 heteroatoms. The average Bonchev–Trinajstić information content (AvgIpc) is 2.37. The number of aryl methyl sites for hydroxylation is 1. The standard InChI is InChI=1S/C14H12FN3/c1-9-3-2-4-13(14(9)17)18-12-6-5-10(8-16)7-11(12)15/h2-7,18H,17H2,1H3. The molecule has 2 aromatic carbocycles. The van der Waals surface area contributed by atoms with Gasteiger partial charge in [-0.05, 0) is 36.8 Å². The van der Waals surface area contributed by atoms with Crippen LogP contribution in [0.1, 0.15) is 11.1 Å². The summed E-state index contributed by atoms with van der Waals surface area (Å²) in [4.78, 5) is 0. The maximum Gasteiger partial charge on any atom is 0.147 e. The van der Waals surface area contributed by atoms with E-state index < -0.39 is 5.82 Å². The van der Waals surface area contributed by atoms with Gasteiger partial charge in [-0.15, -0.1) is 0 Å².